The van der Waals surface area contributed by atoms with Gasteiger partial charge in [0.2, 0.25) is 0 Å². The van der Waals surface area contributed by atoms with Crippen molar-refractivity contribution in [2.45, 2.75) is 210 Å². The second-order valence-electron chi connectivity index (χ2n) is 17.6. The third kappa shape index (κ3) is 28.5. The van der Waals surface area contributed by atoms with E-state index in [4.69, 9.17) is 28.4 Å². The summed E-state index contributed by atoms with van der Waals surface area (Å²) in [5.74, 6) is -1.01. The maximum atomic E-state index is 13.0. The fourth-order valence-electron chi connectivity index (χ4n) is 7.38. The number of allylic oxidation sites excluding steroid dienone is 16. The molecule has 11 unspecified atom stereocenters. The van der Waals surface area contributed by atoms with Crippen molar-refractivity contribution < 1.29 is 73.8 Å². The highest BCUT2D eigenvalue weighted by molar-refractivity contribution is 5.70. The summed E-state index contributed by atoms with van der Waals surface area (Å²) in [6.45, 7) is 2.27. The van der Waals surface area contributed by atoms with E-state index in [-0.39, 0.29) is 19.4 Å². The fourth-order valence-corrected chi connectivity index (χ4v) is 7.38. The van der Waals surface area contributed by atoms with E-state index in [0.717, 1.165) is 96.3 Å². The SMILES string of the molecule is CC/C=C\C/C=C\C/C=C\C/C=C\C/C=C\CCCC(=O)OC(COC(=O)CCCCCCCCC/C=C\C/C=C\C/C=C\CC)COC1OC(COC2OC(CO)C(O)C(O)C2O)C(O)C(O)C1O. The van der Waals surface area contributed by atoms with E-state index in [0.29, 0.717) is 19.3 Å². The van der Waals surface area contributed by atoms with Gasteiger partial charge < -0.3 is 64.2 Å². The molecule has 15 nitrogen and oxygen atoms in total. The first-order valence-electron chi connectivity index (χ1n) is 25.8. The number of carbonyl (C=O) groups excluding carboxylic acids is 2. The summed E-state index contributed by atoms with van der Waals surface area (Å²) < 4.78 is 33.5. The number of aliphatic hydroxyl groups excluding tert-OH is 7. The van der Waals surface area contributed by atoms with Crippen LogP contribution in [0.25, 0.3) is 0 Å². The molecule has 398 valence electrons. The summed E-state index contributed by atoms with van der Waals surface area (Å²) in [6, 6.07) is 0. The van der Waals surface area contributed by atoms with Crippen LogP contribution in [0.4, 0.5) is 0 Å². The predicted molar refractivity (Wildman–Crippen MR) is 270 cm³/mol. The van der Waals surface area contributed by atoms with Crippen LogP contribution in [-0.4, -0.2) is 142 Å². The number of aliphatic hydroxyl groups is 7. The van der Waals surface area contributed by atoms with Crippen molar-refractivity contribution in [3.05, 3.63) is 97.2 Å². The monoisotopic (exact) mass is 989 g/mol. The van der Waals surface area contributed by atoms with E-state index in [1.54, 1.807) is 0 Å². The number of hydrogen-bond acceptors (Lipinski definition) is 15. The molecule has 2 saturated heterocycles. The molecule has 2 heterocycles. The van der Waals surface area contributed by atoms with Crippen molar-refractivity contribution in [3.63, 3.8) is 0 Å². The second-order valence-corrected chi connectivity index (χ2v) is 17.6. The summed E-state index contributed by atoms with van der Waals surface area (Å²) >= 11 is 0. The van der Waals surface area contributed by atoms with Crippen molar-refractivity contribution >= 4 is 11.9 Å². The zero-order chi connectivity index (χ0) is 51.0. The molecule has 0 aromatic heterocycles. The fraction of sp³-hybridized carbons (Fsp3) is 0.673. The third-order valence-corrected chi connectivity index (χ3v) is 11.6. The van der Waals surface area contributed by atoms with Gasteiger partial charge >= 0.3 is 11.9 Å². The molecular formula is C55H88O15. The van der Waals surface area contributed by atoms with Crippen LogP contribution in [0.2, 0.25) is 0 Å². The van der Waals surface area contributed by atoms with Crippen LogP contribution < -0.4 is 0 Å². The largest absolute Gasteiger partial charge is 0.462 e. The molecule has 0 aliphatic carbocycles. The van der Waals surface area contributed by atoms with Gasteiger partial charge in [0.15, 0.2) is 18.7 Å². The van der Waals surface area contributed by atoms with Gasteiger partial charge in [-0.1, -0.05) is 143 Å². The first-order valence-corrected chi connectivity index (χ1v) is 25.8. The zero-order valence-corrected chi connectivity index (χ0v) is 42.0. The summed E-state index contributed by atoms with van der Waals surface area (Å²) in [5.41, 5.74) is 0. The minimum Gasteiger partial charge on any atom is -0.462 e. The van der Waals surface area contributed by atoms with E-state index < -0.39 is 99.3 Å². The molecular weight excluding hydrogens is 901 g/mol. The van der Waals surface area contributed by atoms with E-state index in [9.17, 15) is 45.3 Å². The highest BCUT2D eigenvalue weighted by Crippen LogP contribution is 2.26. The smallest absolute Gasteiger partial charge is 0.306 e. The molecule has 0 spiro atoms. The van der Waals surface area contributed by atoms with Crippen LogP contribution >= 0.6 is 0 Å². The Balaban J connectivity index is 1.84. The van der Waals surface area contributed by atoms with Gasteiger partial charge in [0, 0.05) is 12.8 Å². The number of hydrogen-bond donors (Lipinski definition) is 7. The van der Waals surface area contributed by atoms with Crippen LogP contribution in [0.15, 0.2) is 97.2 Å². The lowest BCUT2D eigenvalue weighted by Crippen LogP contribution is -2.61. The molecule has 0 aromatic rings. The lowest BCUT2D eigenvalue weighted by atomic mass is 9.98. The Labute approximate surface area is 417 Å². The van der Waals surface area contributed by atoms with Crippen molar-refractivity contribution in [3.8, 4) is 0 Å². The van der Waals surface area contributed by atoms with E-state index in [2.05, 4.69) is 98.9 Å². The average molecular weight is 989 g/mol. The van der Waals surface area contributed by atoms with Gasteiger partial charge in [0.05, 0.1) is 19.8 Å². The Hall–Kier alpha value is -3.58. The van der Waals surface area contributed by atoms with Gasteiger partial charge in [-0.2, -0.15) is 0 Å². The molecule has 7 N–H and O–H groups in total. The van der Waals surface area contributed by atoms with Gasteiger partial charge in [0.25, 0.3) is 0 Å². The van der Waals surface area contributed by atoms with Crippen LogP contribution in [0, 0.1) is 0 Å². The summed E-state index contributed by atoms with van der Waals surface area (Å²) in [4.78, 5) is 25.8. The Kier molecular flexibility index (Phi) is 36.6. The number of rotatable bonds is 38. The van der Waals surface area contributed by atoms with Gasteiger partial charge in [-0.15, -0.1) is 0 Å². The molecule has 0 aromatic carbocycles. The quantitative estimate of drug-likeness (QED) is 0.0182. The lowest BCUT2D eigenvalue weighted by Gasteiger charge is -2.42. The number of ether oxygens (including phenoxy) is 6. The Morgan fingerprint density at radius 1 is 0.457 bits per heavy atom. The molecule has 0 radical (unpaired) electrons. The molecule has 0 bridgehead atoms. The Morgan fingerprint density at radius 2 is 0.871 bits per heavy atom. The van der Waals surface area contributed by atoms with Crippen molar-refractivity contribution in [1.82, 2.24) is 0 Å². The number of carbonyl (C=O) groups is 2. The summed E-state index contributed by atoms with van der Waals surface area (Å²) in [6.07, 6.45) is 34.4. The van der Waals surface area contributed by atoms with E-state index in [1.807, 2.05) is 12.2 Å². The summed E-state index contributed by atoms with van der Waals surface area (Å²) in [7, 11) is 0. The molecule has 2 aliphatic heterocycles. The standard InChI is InChI=1S/C55H88O15/c1-3-5-7-9-11-13-15-17-19-21-23-25-27-29-31-33-35-37-46(57)65-40-43(68-47(58)38-36-34-32-30-28-26-24-22-20-18-16-14-12-10-8-6-4-2)41-66-54-53(64)51(62)49(60)45(70-54)42-67-55-52(63)50(61)48(59)44(39-56)69-55/h5-8,11-14,17-20,24,26,30,32,43-45,48-56,59-64H,3-4,9-10,15-16,21-23,25,27-29,31,33-42H2,1-2H3/b7-5-,8-6-,13-11-,14-12-,19-17-,20-18-,26-24-,32-30-. The minimum absolute atomic E-state index is 0.0787. The van der Waals surface area contributed by atoms with Crippen LogP contribution in [0.3, 0.4) is 0 Å². The molecule has 15 heteroatoms. The average Bonchev–Trinajstić information content (AvgIpc) is 3.35. The number of esters is 2. The third-order valence-electron chi connectivity index (χ3n) is 11.6. The van der Waals surface area contributed by atoms with Crippen molar-refractivity contribution in [2.75, 3.05) is 26.4 Å². The van der Waals surface area contributed by atoms with Crippen LogP contribution in [-0.2, 0) is 38.0 Å². The molecule has 11 atom stereocenters. The molecule has 0 amide bonds. The highest BCUT2D eigenvalue weighted by atomic mass is 16.7. The van der Waals surface area contributed by atoms with Crippen molar-refractivity contribution in [2.24, 2.45) is 0 Å². The van der Waals surface area contributed by atoms with Crippen LogP contribution in [0.1, 0.15) is 142 Å². The van der Waals surface area contributed by atoms with Gasteiger partial charge in [-0.25, -0.2) is 0 Å². The zero-order valence-electron chi connectivity index (χ0n) is 42.0. The maximum Gasteiger partial charge on any atom is 0.306 e. The molecule has 70 heavy (non-hydrogen) atoms. The molecule has 0 saturated carbocycles. The van der Waals surface area contributed by atoms with Crippen molar-refractivity contribution in [1.29, 1.82) is 0 Å². The lowest BCUT2D eigenvalue weighted by molar-refractivity contribution is -0.332. The Bertz CT molecular complexity index is 1580. The normalized spacial score (nSPS) is 26.2. The van der Waals surface area contributed by atoms with Gasteiger partial charge in [-0.05, 0) is 83.5 Å². The summed E-state index contributed by atoms with van der Waals surface area (Å²) in [5, 5.41) is 72.1. The second kappa shape index (κ2) is 41.0. The van der Waals surface area contributed by atoms with E-state index in [1.165, 1.54) is 0 Å². The van der Waals surface area contributed by atoms with Gasteiger partial charge in [0.1, 0.15) is 55.4 Å². The predicted octanol–water partition coefficient (Wildman–Crippen LogP) is 7.37. The molecule has 2 aliphatic rings. The topological polar surface area (TPSA) is 231 Å². The maximum absolute atomic E-state index is 13.0. The Morgan fingerprint density at radius 3 is 1.39 bits per heavy atom. The number of unbranched alkanes of at least 4 members (excludes halogenated alkanes) is 8. The highest BCUT2D eigenvalue weighted by Gasteiger charge is 2.47. The first kappa shape index (κ1) is 62.5. The molecule has 2 rings (SSSR count). The van der Waals surface area contributed by atoms with Crippen LogP contribution in [0.5, 0.6) is 0 Å². The van der Waals surface area contributed by atoms with Gasteiger partial charge in [-0.3, -0.25) is 9.59 Å². The van der Waals surface area contributed by atoms with E-state index >= 15 is 0 Å². The first-order chi connectivity index (χ1) is 34.0. The minimum atomic E-state index is -1.78. The molecule has 2 fully saturated rings.